The van der Waals surface area contributed by atoms with Gasteiger partial charge in [0.25, 0.3) is 0 Å². The van der Waals surface area contributed by atoms with Gasteiger partial charge in [-0.3, -0.25) is 0 Å². The zero-order chi connectivity index (χ0) is 23.2. The number of pyridine rings is 2. The third-order valence-electron chi connectivity index (χ3n) is 7.14. The second-order valence-corrected chi connectivity index (χ2v) is 9.27. The number of nitrogens with one attached hydrogen (secondary N) is 1. The Labute approximate surface area is 203 Å². The molecular formula is C30H25N5. The largest absolute Gasteiger partial charge is 0.317 e. The molecule has 0 spiro atoms. The Morgan fingerprint density at radius 3 is 2.40 bits per heavy atom. The van der Waals surface area contributed by atoms with Crippen molar-refractivity contribution in [1.82, 2.24) is 24.8 Å². The molecule has 6 aromatic rings. The van der Waals surface area contributed by atoms with Crippen molar-refractivity contribution in [2.24, 2.45) is 0 Å². The van der Waals surface area contributed by atoms with E-state index in [9.17, 15) is 0 Å². The van der Waals surface area contributed by atoms with E-state index in [-0.39, 0.29) is 0 Å². The van der Waals surface area contributed by atoms with E-state index in [2.05, 4.69) is 82.7 Å². The first-order valence-electron chi connectivity index (χ1n) is 12.3. The molecule has 1 fully saturated rings. The minimum Gasteiger partial charge on any atom is -0.317 e. The molecule has 3 aromatic carbocycles. The van der Waals surface area contributed by atoms with Crippen LogP contribution in [-0.4, -0.2) is 32.6 Å². The molecule has 5 nitrogen and oxygen atoms in total. The van der Waals surface area contributed by atoms with Crippen LogP contribution in [0.15, 0.2) is 91.1 Å². The predicted molar refractivity (Wildman–Crippen MR) is 142 cm³/mol. The van der Waals surface area contributed by atoms with Crippen LogP contribution in [0, 0.1) is 0 Å². The number of imidazole rings is 1. The number of piperidine rings is 1. The van der Waals surface area contributed by atoms with Crippen molar-refractivity contribution in [2.75, 3.05) is 13.1 Å². The lowest BCUT2D eigenvalue weighted by Gasteiger charge is -2.25. The Morgan fingerprint density at radius 1 is 0.743 bits per heavy atom. The fourth-order valence-electron chi connectivity index (χ4n) is 5.36. The molecule has 0 atom stereocenters. The summed E-state index contributed by atoms with van der Waals surface area (Å²) in [6.45, 7) is 2.00. The zero-order valence-corrected chi connectivity index (χ0v) is 19.4. The monoisotopic (exact) mass is 455 g/mol. The fourth-order valence-corrected chi connectivity index (χ4v) is 5.36. The van der Waals surface area contributed by atoms with E-state index in [0.29, 0.717) is 6.04 Å². The number of hydrogen-bond acceptors (Lipinski definition) is 4. The summed E-state index contributed by atoms with van der Waals surface area (Å²) in [5.41, 5.74) is 6.01. The number of aromatic nitrogens is 4. The molecule has 3 aromatic heterocycles. The lowest BCUT2D eigenvalue weighted by atomic mass is 10.0. The van der Waals surface area contributed by atoms with Crippen LogP contribution in [0.25, 0.3) is 55.5 Å². The summed E-state index contributed by atoms with van der Waals surface area (Å²) in [6.07, 6.45) is 4.02. The lowest BCUT2D eigenvalue weighted by molar-refractivity contribution is 0.376. The number of para-hydroxylation sites is 1. The molecule has 0 amide bonds. The molecule has 1 aliphatic heterocycles. The summed E-state index contributed by atoms with van der Waals surface area (Å²) < 4.78 is 2.35. The number of hydrogen-bond donors (Lipinski definition) is 1. The highest BCUT2D eigenvalue weighted by Crippen LogP contribution is 2.36. The predicted octanol–water partition coefficient (Wildman–Crippen LogP) is 6.39. The Bertz CT molecular complexity index is 1690. The van der Waals surface area contributed by atoms with E-state index in [1.165, 1.54) is 10.8 Å². The van der Waals surface area contributed by atoms with Gasteiger partial charge in [0.15, 0.2) is 11.5 Å². The molecule has 0 aliphatic carbocycles. The van der Waals surface area contributed by atoms with Crippen LogP contribution in [0.2, 0.25) is 0 Å². The Kier molecular flexibility index (Phi) is 4.81. The quantitative estimate of drug-likeness (QED) is 0.336. The van der Waals surface area contributed by atoms with Gasteiger partial charge in [0.05, 0.1) is 5.52 Å². The molecule has 0 bridgehead atoms. The van der Waals surface area contributed by atoms with Crippen molar-refractivity contribution in [2.45, 2.75) is 18.9 Å². The van der Waals surface area contributed by atoms with Crippen LogP contribution in [0.1, 0.15) is 18.9 Å². The highest BCUT2D eigenvalue weighted by Gasteiger charge is 2.25. The SMILES string of the molecule is c1ccc2cc(-c3ccnc4c3nc(-c3ccc5ccccc5n3)n4C3CCNCC3)ccc2c1. The highest BCUT2D eigenvalue weighted by molar-refractivity contribution is 5.96. The van der Waals surface area contributed by atoms with Gasteiger partial charge >= 0.3 is 0 Å². The summed E-state index contributed by atoms with van der Waals surface area (Å²) in [7, 11) is 0. The topological polar surface area (TPSA) is 55.6 Å². The van der Waals surface area contributed by atoms with Crippen molar-refractivity contribution in [1.29, 1.82) is 0 Å². The summed E-state index contributed by atoms with van der Waals surface area (Å²) in [5, 5.41) is 7.09. The van der Waals surface area contributed by atoms with E-state index in [0.717, 1.165) is 70.6 Å². The van der Waals surface area contributed by atoms with Crippen molar-refractivity contribution in [3.8, 4) is 22.6 Å². The Morgan fingerprint density at radius 2 is 1.51 bits per heavy atom. The maximum atomic E-state index is 5.24. The average molecular weight is 456 g/mol. The standard InChI is InChI=1S/C30H25N5/c1-2-7-22-19-23(10-9-20(22)5-1)25-15-18-32-30-28(25)34-29(35(30)24-13-16-31-17-14-24)27-12-11-21-6-3-4-8-26(21)33-27/h1-12,15,18-19,24,31H,13-14,16-17H2. The Hall–Kier alpha value is -4.09. The van der Waals surface area contributed by atoms with Crippen LogP contribution in [0.5, 0.6) is 0 Å². The second-order valence-electron chi connectivity index (χ2n) is 9.27. The molecule has 1 N–H and O–H groups in total. The number of fused-ring (bicyclic) bond motifs is 3. The molecule has 1 aliphatic rings. The molecule has 0 saturated carbocycles. The third kappa shape index (κ3) is 3.47. The molecule has 35 heavy (non-hydrogen) atoms. The number of nitrogens with zero attached hydrogens (tertiary/aromatic N) is 4. The number of rotatable bonds is 3. The minimum absolute atomic E-state index is 0.337. The van der Waals surface area contributed by atoms with Crippen molar-refractivity contribution < 1.29 is 0 Å². The summed E-state index contributed by atoms with van der Waals surface area (Å²) in [6, 6.07) is 30.0. The second kappa shape index (κ2) is 8.29. The first-order valence-corrected chi connectivity index (χ1v) is 12.3. The fraction of sp³-hybridized carbons (Fsp3) is 0.167. The average Bonchev–Trinajstić information content (AvgIpc) is 3.33. The lowest BCUT2D eigenvalue weighted by Crippen LogP contribution is -2.29. The van der Waals surface area contributed by atoms with E-state index < -0.39 is 0 Å². The van der Waals surface area contributed by atoms with E-state index in [1.807, 2.05) is 18.3 Å². The normalized spacial score (nSPS) is 14.7. The zero-order valence-electron chi connectivity index (χ0n) is 19.4. The maximum absolute atomic E-state index is 5.24. The van der Waals surface area contributed by atoms with Gasteiger partial charge in [-0.15, -0.1) is 0 Å². The molecule has 0 unspecified atom stereocenters. The molecule has 5 heteroatoms. The summed E-state index contributed by atoms with van der Waals surface area (Å²) >= 11 is 0. The van der Waals surface area contributed by atoms with Crippen LogP contribution in [0.3, 0.4) is 0 Å². The van der Waals surface area contributed by atoms with E-state index >= 15 is 0 Å². The van der Waals surface area contributed by atoms with Gasteiger partial charge in [-0.2, -0.15) is 0 Å². The highest BCUT2D eigenvalue weighted by atomic mass is 15.2. The van der Waals surface area contributed by atoms with Gasteiger partial charge < -0.3 is 9.88 Å². The Balaban J connectivity index is 1.47. The van der Waals surface area contributed by atoms with E-state index in [4.69, 9.17) is 15.0 Å². The van der Waals surface area contributed by atoms with Crippen LogP contribution >= 0.6 is 0 Å². The smallest absolute Gasteiger partial charge is 0.161 e. The summed E-state index contributed by atoms with van der Waals surface area (Å²) in [5.74, 6) is 0.901. The van der Waals surface area contributed by atoms with Crippen LogP contribution in [-0.2, 0) is 0 Å². The maximum Gasteiger partial charge on any atom is 0.161 e. The molecule has 0 radical (unpaired) electrons. The van der Waals surface area contributed by atoms with Gasteiger partial charge in [-0.1, -0.05) is 60.7 Å². The van der Waals surface area contributed by atoms with Crippen molar-refractivity contribution >= 4 is 32.8 Å². The van der Waals surface area contributed by atoms with E-state index in [1.54, 1.807) is 0 Å². The summed E-state index contributed by atoms with van der Waals surface area (Å²) in [4.78, 5) is 15.1. The van der Waals surface area contributed by atoms with Crippen molar-refractivity contribution in [3.63, 3.8) is 0 Å². The molecular weight excluding hydrogens is 430 g/mol. The molecule has 7 rings (SSSR count). The van der Waals surface area contributed by atoms with Gasteiger partial charge in [0, 0.05) is 23.2 Å². The first kappa shape index (κ1) is 20.3. The minimum atomic E-state index is 0.337. The van der Waals surface area contributed by atoms with Gasteiger partial charge in [-0.05, 0) is 66.5 Å². The van der Waals surface area contributed by atoms with Gasteiger partial charge in [0.1, 0.15) is 11.2 Å². The number of benzene rings is 3. The molecule has 4 heterocycles. The van der Waals surface area contributed by atoms with Crippen LogP contribution in [0.4, 0.5) is 0 Å². The molecule has 170 valence electrons. The van der Waals surface area contributed by atoms with Crippen molar-refractivity contribution in [3.05, 3.63) is 91.1 Å². The first-order chi connectivity index (χ1) is 17.3. The van der Waals surface area contributed by atoms with Gasteiger partial charge in [0.2, 0.25) is 0 Å². The third-order valence-corrected chi connectivity index (χ3v) is 7.14. The molecule has 1 saturated heterocycles. The van der Waals surface area contributed by atoms with Gasteiger partial charge in [-0.25, -0.2) is 15.0 Å². The van der Waals surface area contributed by atoms with Crippen LogP contribution < -0.4 is 5.32 Å².